The smallest absolute Gasteiger partial charge is 0.246 e. The number of para-hydroxylation sites is 2. The van der Waals surface area contributed by atoms with Crippen molar-refractivity contribution in [1.82, 2.24) is 9.62 Å². The third kappa shape index (κ3) is 5.01. The Bertz CT molecular complexity index is 1050. The molecule has 4 rings (SSSR count). The molecule has 1 saturated carbocycles. The van der Waals surface area contributed by atoms with Gasteiger partial charge in [0.05, 0.1) is 11.4 Å². The lowest BCUT2D eigenvalue weighted by molar-refractivity contribution is -0.126. The molecule has 1 atom stereocenters. The lowest BCUT2D eigenvalue weighted by Gasteiger charge is -2.29. The van der Waals surface area contributed by atoms with E-state index in [4.69, 9.17) is 9.47 Å². The lowest BCUT2D eigenvalue weighted by atomic mass is 10.2. The highest BCUT2D eigenvalue weighted by Gasteiger charge is 2.27. The molecule has 1 aliphatic carbocycles. The van der Waals surface area contributed by atoms with Crippen LogP contribution in [-0.4, -0.2) is 51.6 Å². The van der Waals surface area contributed by atoms with E-state index in [2.05, 4.69) is 4.72 Å². The normalized spacial score (nSPS) is 18.4. The van der Waals surface area contributed by atoms with Crippen molar-refractivity contribution in [2.24, 2.45) is 0 Å². The van der Waals surface area contributed by atoms with Crippen LogP contribution in [0.15, 0.2) is 59.5 Å². The number of rotatable bonds is 7. The van der Waals surface area contributed by atoms with Crippen LogP contribution in [-0.2, 0) is 14.8 Å². The molecular weight excluding hydrogens is 404 g/mol. The molecule has 1 N–H and O–H groups in total. The van der Waals surface area contributed by atoms with E-state index in [1.807, 2.05) is 24.3 Å². The molecule has 30 heavy (non-hydrogen) atoms. The molecule has 2 aromatic rings. The van der Waals surface area contributed by atoms with Crippen LogP contribution >= 0.6 is 0 Å². The number of sulfonamides is 1. The van der Waals surface area contributed by atoms with Crippen molar-refractivity contribution in [2.75, 3.05) is 20.2 Å². The van der Waals surface area contributed by atoms with E-state index in [1.165, 1.54) is 6.08 Å². The van der Waals surface area contributed by atoms with Gasteiger partial charge in [-0.1, -0.05) is 24.3 Å². The molecule has 1 fully saturated rings. The summed E-state index contributed by atoms with van der Waals surface area (Å²) in [5.41, 5.74) is 0.744. The van der Waals surface area contributed by atoms with Gasteiger partial charge in [0.25, 0.3) is 0 Å². The van der Waals surface area contributed by atoms with Crippen LogP contribution in [0.3, 0.4) is 0 Å². The zero-order chi connectivity index (χ0) is 21.1. The van der Waals surface area contributed by atoms with Gasteiger partial charge in [-0.05, 0) is 48.7 Å². The summed E-state index contributed by atoms with van der Waals surface area (Å²) in [6.45, 7) is 0.769. The third-order valence-electron chi connectivity index (χ3n) is 4.93. The molecule has 0 saturated heterocycles. The lowest BCUT2D eigenvalue weighted by Crippen LogP contribution is -2.41. The predicted octanol–water partition coefficient (Wildman–Crippen LogP) is 2.44. The van der Waals surface area contributed by atoms with Crippen LogP contribution in [0.1, 0.15) is 18.4 Å². The Balaban J connectivity index is 1.32. The maximum Gasteiger partial charge on any atom is 0.246 e. The van der Waals surface area contributed by atoms with Gasteiger partial charge in [-0.3, -0.25) is 4.79 Å². The number of nitrogens with one attached hydrogen (secondary N) is 1. The van der Waals surface area contributed by atoms with E-state index in [-0.39, 0.29) is 22.9 Å². The van der Waals surface area contributed by atoms with E-state index in [1.54, 1.807) is 42.3 Å². The fourth-order valence-electron chi connectivity index (χ4n) is 3.09. The second-order valence-electron chi connectivity index (χ2n) is 7.51. The second-order valence-corrected chi connectivity index (χ2v) is 9.23. The monoisotopic (exact) mass is 428 g/mol. The zero-order valence-electron chi connectivity index (χ0n) is 16.7. The number of hydrogen-bond donors (Lipinski definition) is 1. The van der Waals surface area contributed by atoms with Crippen LogP contribution in [0.25, 0.3) is 6.08 Å². The van der Waals surface area contributed by atoms with Crippen LogP contribution < -0.4 is 14.2 Å². The van der Waals surface area contributed by atoms with Gasteiger partial charge in [-0.15, -0.1) is 0 Å². The average molecular weight is 429 g/mol. The topological polar surface area (TPSA) is 84.9 Å². The van der Waals surface area contributed by atoms with Crippen LogP contribution in [0.2, 0.25) is 0 Å². The first-order valence-electron chi connectivity index (χ1n) is 9.85. The van der Waals surface area contributed by atoms with E-state index in [0.29, 0.717) is 24.7 Å². The summed E-state index contributed by atoms with van der Waals surface area (Å²) in [6.07, 6.45) is 4.66. The number of nitrogens with zero attached hydrogens (tertiary/aromatic N) is 1. The van der Waals surface area contributed by atoms with Crippen molar-refractivity contribution in [1.29, 1.82) is 0 Å². The largest absolute Gasteiger partial charge is 0.486 e. The maximum atomic E-state index is 12.4. The van der Waals surface area contributed by atoms with Crippen molar-refractivity contribution in [3.8, 4) is 11.5 Å². The molecule has 158 valence electrons. The number of hydrogen-bond acceptors (Lipinski definition) is 5. The van der Waals surface area contributed by atoms with Crippen molar-refractivity contribution in [2.45, 2.75) is 29.9 Å². The Kier molecular flexibility index (Phi) is 5.78. The van der Waals surface area contributed by atoms with E-state index in [0.717, 1.165) is 18.4 Å². The molecular formula is C22H24N2O5S. The molecule has 0 radical (unpaired) electrons. The van der Waals surface area contributed by atoms with Gasteiger partial charge in [-0.2, -0.15) is 0 Å². The Labute approximate surface area is 176 Å². The van der Waals surface area contributed by atoms with Gasteiger partial charge in [0.15, 0.2) is 17.6 Å². The van der Waals surface area contributed by atoms with Gasteiger partial charge in [0.1, 0.15) is 6.61 Å². The molecule has 0 bridgehead atoms. The average Bonchev–Trinajstić information content (AvgIpc) is 3.55. The Morgan fingerprint density at radius 1 is 1.13 bits per heavy atom. The van der Waals surface area contributed by atoms with Gasteiger partial charge in [0, 0.05) is 19.2 Å². The number of ether oxygens (including phenoxy) is 2. The quantitative estimate of drug-likeness (QED) is 0.685. The van der Waals surface area contributed by atoms with Gasteiger partial charge in [0.2, 0.25) is 15.9 Å². The Morgan fingerprint density at radius 2 is 1.83 bits per heavy atom. The summed E-state index contributed by atoms with van der Waals surface area (Å²) >= 11 is 0. The zero-order valence-corrected chi connectivity index (χ0v) is 17.5. The summed E-state index contributed by atoms with van der Waals surface area (Å²) in [6, 6.07) is 14.0. The SMILES string of the molecule is CN(CC1COc2ccccc2O1)C(=O)/C=C/c1ccc(S(=O)(=O)NC2CC2)cc1. The molecule has 1 unspecified atom stereocenters. The first-order chi connectivity index (χ1) is 14.4. The summed E-state index contributed by atoms with van der Waals surface area (Å²) in [5.74, 6) is 1.21. The molecule has 0 spiro atoms. The number of carbonyl (C=O) groups is 1. The van der Waals surface area contributed by atoms with Crippen molar-refractivity contribution < 1.29 is 22.7 Å². The van der Waals surface area contributed by atoms with Crippen molar-refractivity contribution in [3.63, 3.8) is 0 Å². The standard InChI is InChI=1S/C22H24N2O5S/c1-24(14-18-15-28-20-4-2-3-5-21(20)29-18)22(25)13-8-16-6-11-19(12-7-16)30(26,27)23-17-9-10-17/h2-8,11-13,17-18,23H,9-10,14-15H2,1H3/b13-8+. The minimum atomic E-state index is -3.47. The van der Waals surface area contributed by atoms with E-state index < -0.39 is 10.0 Å². The predicted molar refractivity (Wildman–Crippen MR) is 113 cm³/mol. The minimum absolute atomic E-state index is 0.0646. The Hall–Kier alpha value is -2.84. The maximum absolute atomic E-state index is 12.4. The Morgan fingerprint density at radius 3 is 2.53 bits per heavy atom. The summed E-state index contributed by atoms with van der Waals surface area (Å²) in [7, 11) is -1.77. The number of amides is 1. The number of benzene rings is 2. The van der Waals surface area contributed by atoms with E-state index >= 15 is 0 Å². The molecule has 1 aliphatic heterocycles. The first kappa shape index (κ1) is 20.4. The first-order valence-corrected chi connectivity index (χ1v) is 11.3. The van der Waals surface area contributed by atoms with Gasteiger partial charge >= 0.3 is 0 Å². The van der Waals surface area contributed by atoms with Crippen LogP contribution in [0.5, 0.6) is 11.5 Å². The molecule has 8 heteroatoms. The fourth-order valence-corrected chi connectivity index (χ4v) is 4.39. The molecule has 1 heterocycles. The highest BCUT2D eigenvalue weighted by molar-refractivity contribution is 7.89. The highest BCUT2D eigenvalue weighted by atomic mass is 32.2. The second kappa shape index (κ2) is 8.49. The molecule has 2 aromatic carbocycles. The van der Waals surface area contributed by atoms with Crippen LogP contribution in [0, 0.1) is 0 Å². The van der Waals surface area contributed by atoms with Crippen molar-refractivity contribution in [3.05, 3.63) is 60.2 Å². The number of fused-ring (bicyclic) bond motifs is 1. The molecule has 1 amide bonds. The summed E-state index contributed by atoms with van der Waals surface area (Å²) in [4.78, 5) is 14.2. The fraction of sp³-hybridized carbons (Fsp3) is 0.318. The van der Waals surface area contributed by atoms with Gasteiger partial charge < -0.3 is 14.4 Å². The molecule has 7 nitrogen and oxygen atoms in total. The third-order valence-corrected chi connectivity index (χ3v) is 6.47. The van der Waals surface area contributed by atoms with Gasteiger partial charge in [-0.25, -0.2) is 13.1 Å². The molecule has 2 aliphatic rings. The number of carbonyl (C=O) groups excluding carboxylic acids is 1. The van der Waals surface area contributed by atoms with Crippen molar-refractivity contribution >= 4 is 22.0 Å². The number of likely N-dealkylation sites (N-methyl/N-ethyl adjacent to an activating group) is 1. The highest BCUT2D eigenvalue weighted by Crippen LogP contribution is 2.31. The summed E-state index contributed by atoms with van der Waals surface area (Å²) in [5, 5.41) is 0. The molecule has 0 aromatic heterocycles. The summed E-state index contributed by atoms with van der Waals surface area (Å²) < 4.78 is 38.6. The van der Waals surface area contributed by atoms with Crippen LogP contribution in [0.4, 0.5) is 0 Å². The van der Waals surface area contributed by atoms with E-state index in [9.17, 15) is 13.2 Å². The minimum Gasteiger partial charge on any atom is -0.486 e.